The maximum atomic E-state index is 5.92. The number of alkyl halides is 1. The number of nitrogens with two attached hydrogens (primary N) is 1. The highest BCUT2D eigenvalue weighted by molar-refractivity contribution is 6.16. The molecule has 5 heteroatoms. The minimum absolute atomic E-state index is 0.338. The molecule has 0 saturated carbocycles. The predicted molar refractivity (Wildman–Crippen MR) is 73.1 cm³/mol. The van der Waals surface area contributed by atoms with Gasteiger partial charge in [-0.3, -0.25) is 4.57 Å². The number of aryl methyl sites for hydroxylation is 2. The Hall–Kier alpha value is -1.39. The Balaban J connectivity index is 2.56. The third-order valence-electron chi connectivity index (χ3n) is 2.75. The first-order valence-electron chi connectivity index (χ1n) is 5.93. The fourth-order valence-electron chi connectivity index (χ4n) is 2.11. The minimum atomic E-state index is 0.338. The van der Waals surface area contributed by atoms with Crippen LogP contribution in [0.3, 0.4) is 0 Å². The zero-order valence-electron chi connectivity index (χ0n) is 10.7. The van der Waals surface area contributed by atoms with E-state index in [9.17, 15) is 0 Å². The maximum absolute atomic E-state index is 5.92. The van der Waals surface area contributed by atoms with Crippen molar-refractivity contribution in [1.82, 2.24) is 14.8 Å². The molecule has 2 N–H and O–H groups in total. The normalized spacial score (nSPS) is 10.9. The molecule has 0 saturated heterocycles. The lowest BCUT2D eigenvalue weighted by Gasteiger charge is -2.11. The van der Waals surface area contributed by atoms with Crippen LogP contribution in [-0.2, 0) is 12.3 Å². The number of nitrogens with zero attached hydrogens (tertiary/aromatic N) is 3. The van der Waals surface area contributed by atoms with E-state index < -0.39 is 0 Å². The Bertz CT molecular complexity index is 528. The van der Waals surface area contributed by atoms with E-state index in [0.717, 1.165) is 17.3 Å². The van der Waals surface area contributed by atoms with Crippen molar-refractivity contribution in [2.75, 3.05) is 6.54 Å². The molecule has 0 unspecified atom stereocenters. The lowest BCUT2D eigenvalue weighted by atomic mass is 10.1. The summed E-state index contributed by atoms with van der Waals surface area (Å²) in [5.41, 5.74) is 9.07. The Labute approximate surface area is 112 Å². The van der Waals surface area contributed by atoms with Gasteiger partial charge in [-0.05, 0) is 43.7 Å². The van der Waals surface area contributed by atoms with Gasteiger partial charge >= 0.3 is 0 Å². The van der Waals surface area contributed by atoms with E-state index in [1.807, 2.05) is 4.57 Å². The second-order valence-corrected chi connectivity index (χ2v) is 4.65. The van der Waals surface area contributed by atoms with Gasteiger partial charge in [0.2, 0.25) is 0 Å². The van der Waals surface area contributed by atoms with Gasteiger partial charge in [0.05, 0.1) is 5.88 Å². The van der Waals surface area contributed by atoms with Crippen molar-refractivity contribution in [3.8, 4) is 5.69 Å². The van der Waals surface area contributed by atoms with Gasteiger partial charge in [0.1, 0.15) is 5.82 Å². The minimum Gasteiger partial charge on any atom is -0.330 e. The second-order valence-electron chi connectivity index (χ2n) is 4.39. The third kappa shape index (κ3) is 2.54. The number of aromatic nitrogens is 3. The van der Waals surface area contributed by atoms with E-state index in [0.29, 0.717) is 18.8 Å². The van der Waals surface area contributed by atoms with Crippen LogP contribution in [0.15, 0.2) is 18.2 Å². The molecule has 2 aromatic rings. The monoisotopic (exact) mass is 264 g/mol. The van der Waals surface area contributed by atoms with Crippen molar-refractivity contribution in [3.63, 3.8) is 0 Å². The summed E-state index contributed by atoms with van der Waals surface area (Å²) < 4.78 is 2.00. The van der Waals surface area contributed by atoms with Crippen LogP contribution in [0.25, 0.3) is 5.69 Å². The SMILES string of the molecule is Cc1cc(C)cc(-n2c(CCl)nnc2CCN)c1. The van der Waals surface area contributed by atoms with Crippen LogP contribution in [0.2, 0.25) is 0 Å². The molecule has 1 aromatic carbocycles. The Morgan fingerprint density at radius 2 is 1.72 bits per heavy atom. The van der Waals surface area contributed by atoms with E-state index in [4.69, 9.17) is 17.3 Å². The summed E-state index contributed by atoms with van der Waals surface area (Å²) in [6.45, 7) is 4.69. The van der Waals surface area contributed by atoms with Crippen molar-refractivity contribution >= 4 is 11.6 Å². The number of hydrogen-bond donors (Lipinski definition) is 1. The molecule has 0 aliphatic rings. The van der Waals surface area contributed by atoms with E-state index in [1.54, 1.807) is 0 Å². The molecule has 96 valence electrons. The van der Waals surface area contributed by atoms with Crippen LogP contribution in [0.1, 0.15) is 22.8 Å². The summed E-state index contributed by atoms with van der Waals surface area (Å²) in [6, 6.07) is 6.34. The predicted octanol–water partition coefficient (Wildman–Crippen LogP) is 2.12. The highest BCUT2D eigenvalue weighted by Gasteiger charge is 2.12. The van der Waals surface area contributed by atoms with Crippen LogP contribution in [-0.4, -0.2) is 21.3 Å². The van der Waals surface area contributed by atoms with Crippen LogP contribution in [0, 0.1) is 13.8 Å². The van der Waals surface area contributed by atoms with Gasteiger partial charge < -0.3 is 5.73 Å². The van der Waals surface area contributed by atoms with Gasteiger partial charge in [-0.1, -0.05) is 6.07 Å². The third-order valence-corrected chi connectivity index (χ3v) is 2.99. The summed E-state index contributed by atoms with van der Waals surface area (Å²) >= 11 is 5.92. The highest BCUT2D eigenvalue weighted by atomic mass is 35.5. The molecular formula is C13H17ClN4. The molecular weight excluding hydrogens is 248 g/mol. The molecule has 0 aliphatic carbocycles. The molecule has 0 aliphatic heterocycles. The van der Waals surface area contributed by atoms with Gasteiger partial charge in [-0.2, -0.15) is 0 Å². The molecule has 0 spiro atoms. The van der Waals surface area contributed by atoms with Crippen LogP contribution in [0.4, 0.5) is 0 Å². The quantitative estimate of drug-likeness (QED) is 0.861. The summed E-state index contributed by atoms with van der Waals surface area (Å²) in [5.74, 6) is 1.95. The Morgan fingerprint density at radius 3 is 2.28 bits per heavy atom. The second kappa shape index (κ2) is 5.50. The molecule has 1 aromatic heterocycles. The van der Waals surface area contributed by atoms with Crippen molar-refractivity contribution in [2.45, 2.75) is 26.1 Å². The molecule has 0 atom stereocenters. The summed E-state index contributed by atoms with van der Waals surface area (Å²) in [6.07, 6.45) is 0.691. The smallest absolute Gasteiger partial charge is 0.152 e. The van der Waals surface area contributed by atoms with Crippen molar-refractivity contribution in [1.29, 1.82) is 0 Å². The number of halogens is 1. The van der Waals surface area contributed by atoms with Gasteiger partial charge in [0.15, 0.2) is 5.82 Å². The van der Waals surface area contributed by atoms with Gasteiger partial charge in [-0.15, -0.1) is 21.8 Å². The lowest BCUT2D eigenvalue weighted by molar-refractivity contribution is 0.821. The standard InChI is InChI=1S/C13H17ClN4/c1-9-5-10(2)7-11(6-9)18-12(3-4-15)16-17-13(18)8-14/h5-7H,3-4,8,15H2,1-2H3. The summed E-state index contributed by atoms with van der Waals surface area (Å²) in [4.78, 5) is 0. The lowest BCUT2D eigenvalue weighted by Crippen LogP contribution is -2.10. The average molecular weight is 265 g/mol. The molecule has 4 nitrogen and oxygen atoms in total. The van der Waals surface area contributed by atoms with E-state index in [2.05, 4.69) is 42.2 Å². The van der Waals surface area contributed by atoms with Crippen molar-refractivity contribution in [2.24, 2.45) is 5.73 Å². The summed E-state index contributed by atoms with van der Waals surface area (Å²) in [5, 5.41) is 8.28. The molecule has 0 bridgehead atoms. The van der Waals surface area contributed by atoms with Crippen molar-refractivity contribution < 1.29 is 0 Å². The van der Waals surface area contributed by atoms with E-state index in [1.165, 1.54) is 11.1 Å². The molecule has 0 radical (unpaired) electrons. The fraction of sp³-hybridized carbons (Fsp3) is 0.385. The first-order chi connectivity index (χ1) is 8.65. The maximum Gasteiger partial charge on any atom is 0.152 e. The highest BCUT2D eigenvalue weighted by Crippen LogP contribution is 2.18. The molecule has 2 rings (SSSR count). The zero-order valence-corrected chi connectivity index (χ0v) is 11.4. The molecule has 0 amide bonds. The molecule has 0 fully saturated rings. The van der Waals surface area contributed by atoms with Crippen LogP contribution in [0.5, 0.6) is 0 Å². The van der Waals surface area contributed by atoms with E-state index in [-0.39, 0.29) is 0 Å². The van der Waals surface area contributed by atoms with E-state index >= 15 is 0 Å². The average Bonchev–Trinajstić information content (AvgIpc) is 2.71. The number of benzene rings is 1. The van der Waals surface area contributed by atoms with Crippen LogP contribution < -0.4 is 5.73 Å². The van der Waals surface area contributed by atoms with Gasteiger partial charge in [-0.25, -0.2) is 0 Å². The molecule has 1 heterocycles. The zero-order chi connectivity index (χ0) is 13.1. The van der Waals surface area contributed by atoms with Crippen molar-refractivity contribution in [3.05, 3.63) is 41.0 Å². The Kier molecular flexibility index (Phi) is 3.99. The largest absolute Gasteiger partial charge is 0.330 e. The summed E-state index contributed by atoms with van der Waals surface area (Å²) in [7, 11) is 0. The Morgan fingerprint density at radius 1 is 1.11 bits per heavy atom. The first kappa shape index (κ1) is 13.1. The number of rotatable bonds is 4. The molecule has 18 heavy (non-hydrogen) atoms. The first-order valence-corrected chi connectivity index (χ1v) is 6.47. The fourth-order valence-corrected chi connectivity index (χ4v) is 2.28. The van der Waals surface area contributed by atoms with Crippen LogP contribution >= 0.6 is 11.6 Å². The van der Waals surface area contributed by atoms with Gasteiger partial charge in [0.25, 0.3) is 0 Å². The van der Waals surface area contributed by atoms with Gasteiger partial charge in [0, 0.05) is 12.1 Å². The topological polar surface area (TPSA) is 56.7 Å². The number of hydrogen-bond acceptors (Lipinski definition) is 3.